The second-order valence-corrected chi connectivity index (χ2v) is 10.0. The van der Waals surface area contributed by atoms with Crippen molar-refractivity contribution in [2.45, 2.75) is 41.2 Å². The zero-order chi connectivity index (χ0) is 21.9. The molecule has 0 saturated carbocycles. The summed E-state index contributed by atoms with van der Waals surface area (Å²) in [5.41, 5.74) is 1.19. The molecule has 1 aliphatic rings. The topological polar surface area (TPSA) is 99.1 Å². The molecule has 2 aromatic rings. The van der Waals surface area contributed by atoms with E-state index in [9.17, 15) is 18.3 Å². The number of esters is 1. The number of halogens is 2. The van der Waals surface area contributed by atoms with E-state index in [-0.39, 0.29) is 10.2 Å². The molecule has 162 valence electrons. The molecule has 0 amide bonds. The molecular formula is C20H20Br2O7S. The maximum Gasteiger partial charge on any atom is 0.338 e. The van der Waals surface area contributed by atoms with Gasteiger partial charge in [0.1, 0.15) is 12.2 Å². The van der Waals surface area contributed by atoms with Crippen molar-refractivity contribution in [2.24, 2.45) is 0 Å². The first-order valence-electron chi connectivity index (χ1n) is 9.02. The van der Waals surface area contributed by atoms with Crippen LogP contribution >= 0.6 is 31.9 Å². The van der Waals surface area contributed by atoms with Gasteiger partial charge in [-0.1, -0.05) is 67.8 Å². The Hall–Kier alpha value is -1.30. The number of alkyl halides is 2. The summed E-state index contributed by atoms with van der Waals surface area (Å²) in [6.07, 6.45) is -4.53. The lowest BCUT2D eigenvalue weighted by atomic mass is 10.0. The third-order valence-electron chi connectivity index (χ3n) is 4.54. The van der Waals surface area contributed by atoms with Gasteiger partial charge >= 0.3 is 5.97 Å². The van der Waals surface area contributed by atoms with Crippen molar-refractivity contribution in [3.63, 3.8) is 0 Å². The van der Waals surface area contributed by atoms with Gasteiger partial charge in [-0.2, -0.15) is 8.42 Å². The van der Waals surface area contributed by atoms with Crippen molar-refractivity contribution in [2.75, 3.05) is 5.33 Å². The normalized spacial score (nSPS) is 26.9. The molecule has 0 spiro atoms. The van der Waals surface area contributed by atoms with Crippen molar-refractivity contribution < 1.29 is 32.0 Å². The fraction of sp³-hybridized carbons (Fsp3) is 0.350. The molecule has 0 aliphatic carbocycles. The van der Waals surface area contributed by atoms with Crippen molar-refractivity contribution in [3.8, 4) is 0 Å². The Labute approximate surface area is 191 Å². The van der Waals surface area contributed by atoms with Crippen molar-refractivity contribution >= 4 is 47.9 Å². The molecule has 3 rings (SSSR count). The molecular weight excluding hydrogens is 544 g/mol. The predicted octanol–water partition coefficient (Wildman–Crippen LogP) is 3.17. The summed E-state index contributed by atoms with van der Waals surface area (Å²) in [7, 11) is -4.20. The maximum atomic E-state index is 12.8. The average Bonchev–Trinajstić information content (AvgIpc) is 2.74. The van der Waals surface area contributed by atoms with E-state index < -0.39 is 45.5 Å². The van der Waals surface area contributed by atoms with Gasteiger partial charge in [-0.3, -0.25) is 4.18 Å². The molecule has 1 heterocycles. The van der Waals surface area contributed by atoms with Crippen LogP contribution in [0.5, 0.6) is 0 Å². The lowest BCUT2D eigenvalue weighted by Gasteiger charge is -2.41. The molecule has 0 bridgehead atoms. The minimum Gasteiger partial charge on any atom is -0.453 e. The van der Waals surface area contributed by atoms with Crippen LogP contribution in [0, 0.1) is 6.92 Å². The second-order valence-electron chi connectivity index (χ2n) is 6.73. The molecule has 0 aromatic heterocycles. The van der Waals surface area contributed by atoms with Crippen molar-refractivity contribution in [1.29, 1.82) is 0 Å². The Morgan fingerprint density at radius 2 is 1.73 bits per heavy atom. The fourth-order valence-corrected chi connectivity index (χ4v) is 5.23. The van der Waals surface area contributed by atoms with Crippen LogP contribution in [-0.4, -0.2) is 54.3 Å². The summed E-state index contributed by atoms with van der Waals surface area (Å²) < 4.78 is 42.2. The molecule has 30 heavy (non-hydrogen) atoms. The Bertz CT molecular complexity index is 966. The highest BCUT2D eigenvalue weighted by atomic mass is 79.9. The Morgan fingerprint density at radius 1 is 1.10 bits per heavy atom. The first kappa shape index (κ1) is 23.4. The van der Waals surface area contributed by atoms with Gasteiger partial charge in [0.05, 0.1) is 15.3 Å². The van der Waals surface area contributed by atoms with Crippen LogP contribution in [0.1, 0.15) is 15.9 Å². The standard InChI is InChI=1S/C20H20Br2O7S/c1-12-7-9-14(10-8-12)30(25,26)29-18-16(22)20(24)27-15(11-21)17(18)28-19(23)13-5-3-2-4-6-13/h2-10,15-18,20,24H,11H2,1H3. The molecule has 10 heteroatoms. The van der Waals surface area contributed by atoms with E-state index >= 15 is 0 Å². The number of rotatable bonds is 6. The van der Waals surface area contributed by atoms with Crippen LogP contribution in [0.4, 0.5) is 0 Å². The number of aliphatic hydroxyl groups is 1. The summed E-state index contributed by atoms with van der Waals surface area (Å²) in [4.78, 5) is 11.6. The predicted molar refractivity (Wildman–Crippen MR) is 116 cm³/mol. The Morgan fingerprint density at radius 3 is 2.33 bits per heavy atom. The number of hydrogen-bond donors (Lipinski definition) is 1. The van der Waals surface area contributed by atoms with Crippen LogP contribution < -0.4 is 0 Å². The number of carbonyl (C=O) groups excluding carboxylic acids is 1. The van der Waals surface area contributed by atoms with E-state index in [1.54, 1.807) is 42.5 Å². The summed E-state index contributed by atoms with van der Waals surface area (Å²) in [6.45, 7) is 1.83. The largest absolute Gasteiger partial charge is 0.453 e. The fourth-order valence-electron chi connectivity index (χ4n) is 2.93. The second kappa shape index (κ2) is 9.88. The number of aryl methyl sites for hydroxylation is 1. The van der Waals surface area contributed by atoms with Gasteiger partial charge in [-0.05, 0) is 31.2 Å². The van der Waals surface area contributed by atoms with Crippen molar-refractivity contribution in [1.82, 2.24) is 0 Å². The maximum absolute atomic E-state index is 12.8. The van der Waals surface area contributed by atoms with Gasteiger partial charge in [0.15, 0.2) is 12.4 Å². The van der Waals surface area contributed by atoms with Gasteiger partial charge in [-0.25, -0.2) is 4.79 Å². The molecule has 0 radical (unpaired) electrons. The zero-order valence-corrected chi connectivity index (χ0v) is 19.8. The van der Waals surface area contributed by atoms with E-state index in [4.69, 9.17) is 13.7 Å². The number of aliphatic hydroxyl groups excluding tert-OH is 1. The molecule has 5 atom stereocenters. The summed E-state index contributed by atoms with van der Waals surface area (Å²) in [6, 6.07) is 14.4. The number of carbonyl (C=O) groups is 1. The van der Waals surface area contributed by atoms with E-state index in [2.05, 4.69) is 31.9 Å². The minimum atomic E-state index is -4.20. The van der Waals surface area contributed by atoms with Crippen LogP contribution in [0.25, 0.3) is 0 Å². The van der Waals surface area contributed by atoms with Crippen molar-refractivity contribution in [3.05, 3.63) is 65.7 Å². The summed E-state index contributed by atoms with van der Waals surface area (Å²) >= 11 is 6.49. The van der Waals surface area contributed by atoms with Crippen LogP contribution in [0.15, 0.2) is 59.5 Å². The van der Waals surface area contributed by atoms with Crippen LogP contribution in [-0.2, 0) is 23.8 Å². The molecule has 5 unspecified atom stereocenters. The highest BCUT2D eigenvalue weighted by Gasteiger charge is 2.49. The molecule has 1 N–H and O–H groups in total. The molecule has 1 fully saturated rings. The van der Waals surface area contributed by atoms with E-state index in [1.807, 2.05) is 6.92 Å². The van der Waals surface area contributed by atoms with E-state index in [0.29, 0.717) is 5.56 Å². The summed E-state index contributed by atoms with van der Waals surface area (Å²) in [5.74, 6) is -0.660. The van der Waals surface area contributed by atoms with Gasteiger partial charge in [0.25, 0.3) is 10.1 Å². The van der Waals surface area contributed by atoms with Gasteiger partial charge in [0.2, 0.25) is 0 Å². The van der Waals surface area contributed by atoms with Crippen LogP contribution in [0.2, 0.25) is 0 Å². The Kier molecular flexibility index (Phi) is 7.70. The van der Waals surface area contributed by atoms with E-state index in [0.717, 1.165) is 5.56 Å². The molecule has 1 aliphatic heterocycles. The molecule has 7 nitrogen and oxygen atoms in total. The monoisotopic (exact) mass is 562 g/mol. The molecule has 2 aromatic carbocycles. The third-order valence-corrected chi connectivity index (χ3v) is 7.48. The lowest BCUT2D eigenvalue weighted by Crippen LogP contribution is -2.58. The smallest absolute Gasteiger partial charge is 0.338 e. The number of hydrogen-bond acceptors (Lipinski definition) is 7. The summed E-state index contributed by atoms with van der Waals surface area (Å²) in [5, 5.41) is 10.4. The highest BCUT2D eigenvalue weighted by molar-refractivity contribution is 9.09. The highest BCUT2D eigenvalue weighted by Crippen LogP contribution is 2.33. The van der Waals surface area contributed by atoms with Gasteiger partial charge in [-0.15, -0.1) is 0 Å². The SMILES string of the molecule is Cc1ccc(S(=O)(=O)OC2C(Br)C(O)OC(CBr)C2OC(=O)c2ccccc2)cc1. The quantitative estimate of drug-likeness (QED) is 0.327. The lowest BCUT2D eigenvalue weighted by molar-refractivity contribution is -0.213. The van der Waals surface area contributed by atoms with E-state index in [1.165, 1.54) is 12.1 Å². The average molecular weight is 564 g/mol. The zero-order valence-electron chi connectivity index (χ0n) is 15.9. The minimum absolute atomic E-state index is 0.0442. The number of ether oxygens (including phenoxy) is 2. The van der Waals surface area contributed by atoms with Gasteiger partial charge < -0.3 is 14.6 Å². The van der Waals surface area contributed by atoms with Gasteiger partial charge in [0, 0.05) is 5.33 Å². The first-order chi connectivity index (χ1) is 14.2. The third kappa shape index (κ3) is 5.30. The Balaban J connectivity index is 1.90. The van der Waals surface area contributed by atoms with Crippen LogP contribution in [0.3, 0.4) is 0 Å². The first-order valence-corrected chi connectivity index (χ1v) is 12.5. The molecule has 1 saturated heterocycles. The number of benzene rings is 2.